The molecule has 0 bridgehead atoms. The first kappa shape index (κ1) is 24.6. The molecule has 0 radical (unpaired) electrons. The lowest BCUT2D eigenvalue weighted by Gasteiger charge is -2.53. The molecule has 1 N–H and O–H groups in total. The Morgan fingerprint density at radius 2 is 1.86 bits per heavy atom. The minimum Gasteiger partial charge on any atom is -0.378 e. The molecule has 5 heteroatoms. The predicted molar refractivity (Wildman–Crippen MR) is 142 cm³/mol. The highest BCUT2D eigenvalue weighted by Crippen LogP contribution is 2.66. The van der Waals surface area contributed by atoms with Gasteiger partial charge in [0.2, 0.25) is 0 Å². The average molecular weight is 500 g/mol. The van der Waals surface area contributed by atoms with Crippen molar-refractivity contribution >= 4 is 11.7 Å². The summed E-state index contributed by atoms with van der Waals surface area (Å²) >= 11 is 0. The maximum Gasteiger partial charge on any atom is 0.254 e. The molecule has 0 aromatic heterocycles. The molecule has 5 atom stereocenters. The zero-order valence-corrected chi connectivity index (χ0v) is 22.0. The van der Waals surface area contributed by atoms with E-state index in [1.54, 1.807) is 0 Å². The molecule has 4 aliphatic carbocycles. The molecule has 5 nitrogen and oxygen atoms in total. The zero-order valence-electron chi connectivity index (χ0n) is 22.0. The summed E-state index contributed by atoms with van der Waals surface area (Å²) in [5.41, 5.74) is 4.75. The maximum atomic E-state index is 13.1. The summed E-state index contributed by atoms with van der Waals surface area (Å²) < 4.78 is 5.41. The number of ketones is 1. The number of carbonyl (C=O) groups is 2. The fraction of sp³-hybridized carbons (Fsp3) is 0.562. The van der Waals surface area contributed by atoms with Gasteiger partial charge in [-0.3, -0.25) is 9.59 Å². The van der Waals surface area contributed by atoms with Crippen molar-refractivity contribution in [3.8, 4) is 11.8 Å². The number of benzene rings is 1. The topological polar surface area (TPSA) is 66.8 Å². The number of rotatable bonds is 2. The highest BCUT2D eigenvalue weighted by atomic mass is 16.5. The van der Waals surface area contributed by atoms with Crippen LogP contribution in [-0.2, 0) is 9.53 Å². The summed E-state index contributed by atoms with van der Waals surface area (Å²) in [5, 5.41) is 11.8. The number of aliphatic hydroxyl groups is 1. The standard InChI is InChI=1S/C32H37NO4/c1-3-13-32(36)14-12-28-26-10-8-23-19-24(34)9-11-25(23)29(26)27(20-31(28,32)2)21-4-6-22(7-5-21)30(35)33-15-17-37-18-16-33/h4-7,19,26-28,36H,8-12,14-18,20H2,1-2H3/t26-,27+,28-,31-,32-/m0/s1. The molecule has 1 amide bonds. The second-order valence-corrected chi connectivity index (χ2v) is 11.8. The summed E-state index contributed by atoms with van der Waals surface area (Å²) in [4.78, 5) is 27.2. The Labute approximate surface area is 220 Å². The van der Waals surface area contributed by atoms with Crippen molar-refractivity contribution in [2.24, 2.45) is 17.3 Å². The summed E-state index contributed by atoms with van der Waals surface area (Å²) in [7, 11) is 0. The molecule has 1 aromatic carbocycles. The third-order valence-corrected chi connectivity index (χ3v) is 10.1. The van der Waals surface area contributed by atoms with Crippen LogP contribution >= 0.6 is 0 Å². The Morgan fingerprint density at radius 1 is 1.11 bits per heavy atom. The van der Waals surface area contributed by atoms with Crippen LogP contribution in [0.1, 0.15) is 80.6 Å². The van der Waals surface area contributed by atoms with E-state index in [1.165, 1.54) is 22.3 Å². The summed E-state index contributed by atoms with van der Waals surface area (Å²) in [6.07, 6.45) is 7.80. The smallest absolute Gasteiger partial charge is 0.254 e. The van der Waals surface area contributed by atoms with Crippen molar-refractivity contribution in [1.82, 2.24) is 4.90 Å². The molecule has 3 fully saturated rings. The van der Waals surface area contributed by atoms with E-state index in [4.69, 9.17) is 4.74 Å². The molecule has 1 aliphatic heterocycles. The van der Waals surface area contributed by atoms with Gasteiger partial charge in [0.05, 0.1) is 13.2 Å². The highest BCUT2D eigenvalue weighted by molar-refractivity contribution is 5.94. The van der Waals surface area contributed by atoms with Crippen LogP contribution in [0.5, 0.6) is 0 Å². The number of ether oxygens (including phenoxy) is 1. The molecule has 2 saturated carbocycles. The van der Waals surface area contributed by atoms with Crippen LogP contribution in [-0.4, -0.2) is 53.6 Å². The molecule has 0 unspecified atom stereocenters. The minimum atomic E-state index is -0.980. The van der Waals surface area contributed by atoms with Gasteiger partial charge in [0, 0.05) is 36.4 Å². The number of hydrogen-bond donors (Lipinski definition) is 1. The van der Waals surface area contributed by atoms with E-state index in [2.05, 4.69) is 30.9 Å². The maximum absolute atomic E-state index is 13.1. The van der Waals surface area contributed by atoms with Crippen LogP contribution in [0.25, 0.3) is 0 Å². The molecule has 5 aliphatic rings. The Morgan fingerprint density at radius 3 is 2.59 bits per heavy atom. The SMILES string of the molecule is CC#C[C@]1(O)CC[C@H]2[C@@H]3CCC4=CC(=O)CCC4=C3[C@@H](c3ccc(C(=O)N4CCOCC4)cc3)C[C@@]21C. The van der Waals surface area contributed by atoms with Gasteiger partial charge in [-0.05, 0) is 92.2 Å². The fourth-order valence-electron chi connectivity index (χ4n) is 8.18. The van der Waals surface area contributed by atoms with Gasteiger partial charge >= 0.3 is 0 Å². The second-order valence-electron chi connectivity index (χ2n) is 11.8. The monoisotopic (exact) mass is 499 g/mol. The first-order valence-electron chi connectivity index (χ1n) is 13.9. The van der Waals surface area contributed by atoms with E-state index in [-0.39, 0.29) is 23.0 Å². The van der Waals surface area contributed by atoms with Crippen molar-refractivity contribution in [2.45, 2.75) is 70.3 Å². The van der Waals surface area contributed by atoms with E-state index >= 15 is 0 Å². The predicted octanol–water partition coefficient (Wildman–Crippen LogP) is 4.81. The molecule has 37 heavy (non-hydrogen) atoms. The number of hydrogen-bond acceptors (Lipinski definition) is 4. The molecule has 1 aromatic rings. The Hall–Kier alpha value is -2.68. The lowest BCUT2D eigenvalue weighted by Crippen LogP contribution is -2.51. The van der Waals surface area contributed by atoms with Crippen molar-refractivity contribution in [2.75, 3.05) is 26.3 Å². The Bertz CT molecular complexity index is 1240. The molecule has 194 valence electrons. The van der Waals surface area contributed by atoms with E-state index in [0.717, 1.165) is 38.5 Å². The normalized spacial score (nSPS) is 35.1. The number of morpholine rings is 1. The van der Waals surface area contributed by atoms with Gasteiger partial charge in [-0.1, -0.05) is 30.6 Å². The molecular weight excluding hydrogens is 462 g/mol. The third-order valence-electron chi connectivity index (χ3n) is 10.1. The Kier molecular flexibility index (Phi) is 6.17. The minimum absolute atomic E-state index is 0.0579. The van der Waals surface area contributed by atoms with Crippen LogP contribution in [0, 0.1) is 29.1 Å². The Balaban J connectivity index is 1.41. The zero-order chi connectivity index (χ0) is 25.8. The number of amides is 1. The van der Waals surface area contributed by atoms with Gasteiger partial charge in [-0.2, -0.15) is 0 Å². The van der Waals surface area contributed by atoms with Crippen LogP contribution in [0.3, 0.4) is 0 Å². The molecule has 0 spiro atoms. The number of fused-ring (bicyclic) bond motifs is 4. The van der Waals surface area contributed by atoms with Crippen molar-refractivity contribution < 1.29 is 19.4 Å². The highest BCUT2D eigenvalue weighted by Gasteiger charge is 2.62. The van der Waals surface area contributed by atoms with Crippen LogP contribution in [0.15, 0.2) is 47.1 Å². The van der Waals surface area contributed by atoms with Crippen molar-refractivity contribution in [1.29, 1.82) is 0 Å². The van der Waals surface area contributed by atoms with Crippen molar-refractivity contribution in [3.63, 3.8) is 0 Å². The van der Waals surface area contributed by atoms with Gasteiger partial charge in [0.25, 0.3) is 5.91 Å². The summed E-state index contributed by atoms with van der Waals surface area (Å²) in [5.74, 6) is 7.48. The lowest BCUT2D eigenvalue weighted by atomic mass is 9.51. The van der Waals surface area contributed by atoms with Gasteiger partial charge in [-0.15, -0.1) is 5.92 Å². The first-order chi connectivity index (χ1) is 17.8. The van der Waals surface area contributed by atoms with Gasteiger partial charge < -0.3 is 14.7 Å². The number of carbonyl (C=O) groups excluding carboxylic acids is 2. The van der Waals surface area contributed by atoms with Crippen LogP contribution < -0.4 is 0 Å². The number of nitrogens with zero attached hydrogens (tertiary/aromatic N) is 1. The molecule has 1 heterocycles. The molecule has 1 saturated heterocycles. The molecular formula is C32H37NO4. The summed E-state index contributed by atoms with van der Waals surface area (Å²) in [6, 6.07) is 8.19. The quantitative estimate of drug-likeness (QED) is 0.593. The molecule has 6 rings (SSSR count). The van der Waals surface area contributed by atoms with Crippen LogP contribution in [0.2, 0.25) is 0 Å². The van der Waals surface area contributed by atoms with E-state index < -0.39 is 5.60 Å². The summed E-state index contributed by atoms with van der Waals surface area (Å²) in [6.45, 7) is 6.52. The largest absolute Gasteiger partial charge is 0.378 e. The third kappa shape index (κ3) is 3.92. The van der Waals surface area contributed by atoms with E-state index in [1.807, 2.05) is 30.0 Å². The fourth-order valence-corrected chi connectivity index (χ4v) is 8.18. The van der Waals surface area contributed by atoms with Gasteiger partial charge in [0.15, 0.2) is 5.78 Å². The van der Waals surface area contributed by atoms with E-state index in [9.17, 15) is 14.7 Å². The lowest BCUT2D eigenvalue weighted by molar-refractivity contribution is -0.114. The first-order valence-corrected chi connectivity index (χ1v) is 13.9. The number of allylic oxidation sites excluding steroid dienone is 4. The van der Waals surface area contributed by atoms with Crippen molar-refractivity contribution in [3.05, 3.63) is 58.2 Å². The second kappa shape index (κ2) is 9.26. The van der Waals surface area contributed by atoms with Gasteiger partial charge in [0.1, 0.15) is 5.60 Å². The van der Waals surface area contributed by atoms with Crippen LogP contribution in [0.4, 0.5) is 0 Å². The van der Waals surface area contributed by atoms with Gasteiger partial charge in [-0.25, -0.2) is 0 Å². The average Bonchev–Trinajstić information content (AvgIpc) is 3.18. The van der Waals surface area contributed by atoms with E-state index in [0.29, 0.717) is 50.1 Å².